The fraction of sp³-hybridized carbons (Fsp3) is 0.412. The lowest BCUT2D eigenvalue weighted by atomic mass is 10.1. The van der Waals surface area contributed by atoms with Crippen LogP contribution in [0.3, 0.4) is 0 Å². The van der Waals surface area contributed by atoms with E-state index in [0.29, 0.717) is 19.5 Å². The van der Waals surface area contributed by atoms with Crippen molar-refractivity contribution in [3.8, 4) is 0 Å². The van der Waals surface area contributed by atoms with Crippen molar-refractivity contribution in [1.82, 2.24) is 9.88 Å². The fourth-order valence-electron chi connectivity index (χ4n) is 2.90. The highest BCUT2D eigenvalue weighted by Gasteiger charge is 2.17. The Hall–Kier alpha value is -2.17. The Balaban J connectivity index is 1.73. The van der Waals surface area contributed by atoms with Gasteiger partial charge in [0.2, 0.25) is 5.91 Å². The molecule has 1 N–H and O–H groups in total. The van der Waals surface area contributed by atoms with Crippen LogP contribution in [0.5, 0.6) is 0 Å². The molecule has 2 aromatic rings. The van der Waals surface area contributed by atoms with Crippen LogP contribution in [0.2, 0.25) is 0 Å². The smallest absolute Gasteiger partial charge is 0.222 e. The number of aromatic nitrogens is 1. The van der Waals surface area contributed by atoms with Crippen LogP contribution in [-0.4, -0.2) is 35.4 Å². The van der Waals surface area contributed by atoms with E-state index in [4.69, 9.17) is 0 Å². The molecule has 1 aliphatic heterocycles. The molecule has 2 heterocycles. The van der Waals surface area contributed by atoms with Gasteiger partial charge < -0.3 is 10.2 Å². The molecular weight excluding hydrogens is 281 g/mol. The van der Waals surface area contributed by atoms with Crippen molar-refractivity contribution >= 4 is 22.5 Å². The van der Waals surface area contributed by atoms with Crippen LogP contribution in [0.1, 0.15) is 25.0 Å². The van der Waals surface area contributed by atoms with Crippen molar-refractivity contribution in [1.29, 1.82) is 0 Å². The van der Waals surface area contributed by atoms with Crippen LogP contribution in [0.4, 0.5) is 10.1 Å². The highest BCUT2D eigenvalue weighted by atomic mass is 19.1. The number of hydrogen-bond acceptors (Lipinski definition) is 3. The zero-order valence-electron chi connectivity index (χ0n) is 12.7. The molecule has 1 aromatic carbocycles. The predicted molar refractivity (Wildman–Crippen MR) is 85.4 cm³/mol. The predicted octanol–water partition coefficient (Wildman–Crippen LogP) is 3.11. The molecule has 0 radical (unpaired) electrons. The van der Waals surface area contributed by atoms with Gasteiger partial charge in [-0.15, -0.1) is 0 Å². The Kier molecular flexibility index (Phi) is 4.22. The lowest BCUT2D eigenvalue weighted by Crippen LogP contribution is -2.38. The summed E-state index contributed by atoms with van der Waals surface area (Å²) in [4.78, 5) is 18.1. The van der Waals surface area contributed by atoms with Gasteiger partial charge in [0.15, 0.2) is 0 Å². The molecule has 4 nitrogen and oxygen atoms in total. The van der Waals surface area contributed by atoms with Gasteiger partial charge in [-0.2, -0.15) is 0 Å². The van der Waals surface area contributed by atoms with E-state index in [1.54, 1.807) is 6.07 Å². The van der Waals surface area contributed by atoms with E-state index in [9.17, 15) is 9.18 Å². The van der Waals surface area contributed by atoms with Crippen LogP contribution < -0.4 is 5.32 Å². The first kappa shape index (κ1) is 14.8. The maximum Gasteiger partial charge on any atom is 0.222 e. The van der Waals surface area contributed by atoms with E-state index >= 15 is 0 Å². The van der Waals surface area contributed by atoms with Gasteiger partial charge in [-0.25, -0.2) is 4.39 Å². The number of hydrogen-bond donors (Lipinski definition) is 1. The number of carbonyl (C=O) groups is 1. The second-order valence-electron chi connectivity index (χ2n) is 5.74. The molecule has 1 aromatic heterocycles. The molecule has 3 rings (SSSR count). The van der Waals surface area contributed by atoms with E-state index in [0.717, 1.165) is 41.7 Å². The summed E-state index contributed by atoms with van der Waals surface area (Å²) in [6.45, 7) is 4.09. The summed E-state index contributed by atoms with van der Waals surface area (Å²) in [5.74, 6) is -0.0396. The van der Waals surface area contributed by atoms with Gasteiger partial charge in [0, 0.05) is 42.8 Å². The van der Waals surface area contributed by atoms with Crippen molar-refractivity contribution in [3.63, 3.8) is 0 Å². The van der Waals surface area contributed by atoms with Crippen molar-refractivity contribution in [2.24, 2.45) is 0 Å². The topological polar surface area (TPSA) is 45.2 Å². The third kappa shape index (κ3) is 3.18. The number of amides is 1. The number of nitrogens with zero attached hydrogens (tertiary/aromatic N) is 2. The van der Waals surface area contributed by atoms with Crippen LogP contribution in [-0.2, 0) is 4.79 Å². The zero-order chi connectivity index (χ0) is 15.5. The van der Waals surface area contributed by atoms with Crippen molar-refractivity contribution in [2.45, 2.75) is 26.2 Å². The summed E-state index contributed by atoms with van der Waals surface area (Å²) in [6, 6.07) is 6.53. The Morgan fingerprint density at radius 3 is 3.00 bits per heavy atom. The van der Waals surface area contributed by atoms with Gasteiger partial charge in [-0.1, -0.05) is 0 Å². The van der Waals surface area contributed by atoms with Gasteiger partial charge in [-0.05, 0) is 44.0 Å². The molecule has 1 aliphatic rings. The number of nitrogens with one attached hydrogen (secondary N) is 1. The third-order valence-electron chi connectivity index (χ3n) is 4.02. The van der Waals surface area contributed by atoms with Crippen LogP contribution in [0.25, 0.3) is 10.9 Å². The van der Waals surface area contributed by atoms with Crippen LogP contribution >= 0.6 is 0 Å². The number of pyridine rings is 1. The van der Waals surface area contributed by atoms with E-state index in [-0.39, 0.29) is 11.7 Å². The lowest BCUT2D eigenvalue weighted by Gasteiger charge is -2.27. The number of halogens is 1. The number of fused-ring (bicyclic) bond motifs is 1. The second kappa shape index (κ2) is 6.30. The monoisotopic (exact) mass is 301 g/mol. The number of carbonyl (C=O) groups excluding carboxylic acids is 1. The van der Waals surface area contributed by atoms with Gasteiger partial charge in [0.05, 0.1) is 5.52 Å². The van der Waals surface area contributed by atoms with Crippen molar-refractivity contribution in [3.05, 3.63) is 35.8 Å². The summed E-state index contributed by atoms with van der Waals surface area (Å²) >= 11 is 0. The largest absolute Gasteiger partial charge is 0.383 e. The summed E-state index contributed by atoms with van der Waals surface area (Å²) in [5, 5.41) is 4.10. The van der Waals surface area contributed by atoms with E-state index in [1.165, 1.54) is 12.1 Å². The Bertz CT molecular complexity index is 702. The van der Waals surface area contributed by atoms with Gasteiger partial charge in [0.25, 0.3) is 0 Å². The first-order chi connectivity index (χ1) is 10.6. The molecule has 0 atom stereocenters. The van der Waals surface area contributed by atoms with E-state index in [2.05, 4.69) is 10.3 Å². The van der Waals surface area contributed by atoms with Crippen molar-refractivity contribution < 1.29 is 9.18 Å². The molecule has 0 saturated carbocycles. The van der Waals surface area contributed by atoms with Gasteiger partial charge in [0.1, 0.15) is 5.82 Å². The quantitative estimate of drug-likeness (QED) is 0.944. The summed E-state index contributed by atoms with van der Waals surface area (Å²) in [7, 11) is 0. The first-order valence-electron chi connectivity index (χ1n) is 7.72. The summed E-state index contributed by atoms with van der Waals surface area (Å²) in [5.41, 5.74) is 2.53. The number of rotatable bonds is 4. The van der Waals surface area contributed by atoms with Gasteiger partial charge in [-0.3, -0.25) is 9.78 Å². The third-order valence-corrected chi connectivity index (χ3v) is 4.02. The van der Waals surface area contributed by atoms with Crippen LogP contribution in [0, 0.1) is 12.7 Å². The fourth-order valence-corrected chi connectivity index (χ4v) is 2.90. The normalized spacial score (nSPS) is 15.4. The number of benzene rings is 1. The molecule has 116 valence electrons. The molecule has 1 amide bonds. The molecule has 0 spiro atoms. The first-order valence-corrected chi connectivity index (χ1v) is 7.72. The number of anilines is 1. The summed E-state index contributed by atoms with van der Waals surface area (Å²) < 4.78 is 13.5. The SMILES string of the molecule is Cc1cc(NCCN2CCCCC2=O)c2cc(F)ccc2n1. The summed E-state index contributed by atoms with van der Waals surface area (Å²) in [6.07, 6.45) is 2.73. The average Bonchev–Trinajstić information content (AvgIpc) is 2.50. The van der Waals surface area contributed by atoms with E-state index < -0.39 is 0 Å². The number of piperidine rings is 1. The molecule has 0 unspecified atom stereocenters. The minimum atomic E-state index is -0.271. The molecule has 5 heteroatoms. The Morgan fingerprint density at radius 2 is 2.18 bits per heavy atom. The highest BCUT2D eigenvalue weighted by molar-refractivity contribution is 5.91. The van der Waals surface area contributed by atoms with Crippen LogP contribution in [0.15, 0.2) is 24.3 Å². The molecule has 1 fully saturated rings. The standard InChI is InChI=1S/C17H20FN3O/c1-12-10-16(14-11-13(18)5-6-15(14)20-12)19-7-9-21-8-3-2-4-17(21)22/h5-6,10-11H,2-4,7-9H2,1H3,(H,19,20). The molecular formula is C17H20FN3O. The average molecular weight is 301 g/mol. The maximum atomic E-state index is 13.5. The maximum absolute atomic E-state index is 13.5. The number of aryl methyl sites for hydroxylation is 1. The molecule has 0 bridgehead atoms. The Morgan fingerprint density at radius 1 is 1.32 bits per heavy atom. The van der Waals surface area contributed by atoms with E-state index in [1.807, 2.05) is 17.9 Å². The van der Waals surface area contributed by atoms with Gasteiger partial charge >= 0.3 is 0 Å². The molecule has 0 aliphatic carbocycles. The molecule has 1 saturated heterocycles. The molecule has 22 heavy (non-hydrogen) atoms. The minimum absolute atomic E-state index is 0.231. The van der Waals surface area contributed by atoms with Crippen molar-refractivity contribution in [2.75, 3.05) is 25.0 Å². The number of likely N-dealkylation sites (tertiary alicyclic amines) is 1. The Labute approximate surface area is 129 Å². The minimum Gasteiger partial charge on any atom is -0.383 e. The highest BCUT2D eigenvalue weighted by Crippen LogP contribution is 2.24. The zero-order valence-corrected chi connectivity index (χ0v) is 12.7. The lowest BCUT2D eigenvalue weighted by molar-refractivity contribution is -0.133. The second-order valence-corrected chi connectivity index (χ2v) is 5.74.